The van der Waals surface area contributed by atoms with E-state index >= 15 is 0 Å². The van der Waals surface area contributed by atoms with Crippen molar-refractivity contribution in [3.63, 3.8) is 0 Å². The van der Waals surface area contributed by atoms with E-state index in [0.717, 1.165) is 22.7 Å². The van der Waals surface area contributed by atoms with Crippen LogP contribution in [-0.4, -0.2) is 30.9 Å². The third-order valence-corrected chi connectivity index (χ3v) is 4.13. The molecular formula is C22H23N5O2. The van der Waals surface area contributed by atoms with Crippen molar-refractivity contribution in [3.05, 3.63) is 72.6 Å². The molecule has 0 bridgehead atoms. The van der Waals surface area contributed by atoms with E-state index in [1.54, 1.807) is 30.5 Å². The van der Waals surface area contributed by atoms with E-state index < -0.39 is 0 Å². The minimum absolute atomic E-state index is 0.119. The topological polar surface area (TPSA) is 86.4 Å². The molecule has 0 aliphatic heterocycles. The van der Waals surface area contributed by atoms with Gasteiger partial charge in [-0.05, 0) is 60.7 Å². The normalized spacial score (nSPS) is 10.2. The van der Waals surface area contributed by atoms with Gasteiger partial charge in [-0.25, -0.2) is 0 Å². The monoisotopic (exact) mass is 389 g/mol. The number of nitrogens with one attached hydrogen (secondary N) is 3. The zero-order valence-corrected chi connectivity index (χ0v) is 16.6. The molecule has 1 aromatic heterocycles. The fourth-order valence-electron chi connectivity index (χ4n) is 2.68. The van der Waals surface area contributed by atoms with Crippen molar-refractivity contribution in [2.75, 3.05) is 34.9 Å². The maximum atomic E-state index is 12.5. The molecule has 3 rings (SSSR count). The van der Waals surface area contributed by atoms with Gasteiger partial charge in [0.25, 0.3) is 5.91 Å². The summed E-state index contributed by atoms with van der Waals surface area (Å²) in [5.41, 5.74) is 4.35. The van der Waals surface area contributed by atoms with Crippen LogP contribution in [0.25, 0.3) is 0 Å². The lowest BCUT2D eigenvalue weighted by Crippen LogP contribution is -2.14. The first-order valence-electron chi connectivity index (χ1n) is 9.10. The van der Waals surface area contributed by atoms with Gasteiger partial charge in [-0.1, -0.05) is 0 Å². The van der Waals surface area contributed by atoms with Crippen molar-refractivity contribution in [1.29, 1.82) is 0 Å². The van der Waals surface area contributed by atoms with Crippen LogP contribution in [0.2, 0.25) is 0 Å². The van der Waals surface area contributed by atoms with E-state index in [-0.39, 0.29) is 11.8 Å². The molecule has 29 heavy (non-hydrogen) atoms. The highest BCUT2D eigenvalue weighted by atomic mass is 16.2. The van der Waals surface area contributed by atoms with Crippen molar-refractivity contribution in [1.82, 2.24) is 4.98 Å². The van der Waals surface area contributed by atoms with Gasteiger partial charge in [0, 0.05) is 55.7 Å². The summed E-state index contributed by atoms with van der Waals surface area (Å²) in [5, 5.41) is 8.80. The van der Waals surface area contributed by atoms with Crippen molar-refractivity contribution in [2.24, 2.45) is 0 Å². The molecule has 2 amide bonds. The molecule has 0 aliphatic rings. The number of carbonyl (C=O) groups excluding carboxylic acids is 2. The molecule has 0 radical (unpaired) electrons. The van der Waals surface area contributed by atoms with E-state index in [9.17, 15) is 9.59 Å². The second-order valence-corrected chi connectivity index (χ2v) is 6.71. The Morgan fingerprint density at radius 3 is 2.00 bits per heavy atom. The van der Waals surface area contributed by atoms with Gasteiger partial charge in [-0.2, -0.15) is 0 Å². The minimum atomic E-state index is -0.285. The molecule has 0 atom stereocenters. The first-order chi connectivity index (χ1) is 13.9. The van der Waals surface area contributed by atoms with Crippen LogP contribution < -0.4 is 20.9 Å². The quantitative estimate of drug-likeness (QED) is 0.591. The molecule has 7 heteroatoms. The third kappa shape index (κ3) is 5.55. The van der Waals surface area contributed by atoms with Crippen molar-refractivity contribution < 1.29 is 9.59 Å². The molecule has 148 valence electrons. The van der Waals surface area contributed by atoms with Crippen LogP contribution in [0.5, 0.6) is 0 Å². The number of pyridine rings is 1. The Labute approximate surface area is 169 Å². The number of hydrogen-bond donors (Lipinski definition) is 3. The molecule has 0 spiro atoms. The number of anilines is 5. The molecule has 0 saturated heterocycles. The maximum Gasteiger partial charge on any atom is 0.274 e. The molecule has 0 aliphatic carbocycles. The van der Waals surface area contributed by atoms with Crippen molar-refractivity contribution in [2.45, 2.75) is 6.92 Å². The number of hydrogen-bond acceptors (Lipinski definition) is 5. The van der Waals surface area contributed by atoms with E-state index in [2.05, 4.69) is 20.9 Å². The second kappa shape index (κ2) is 8.88. The molecule has 3 N–H and O–H groups in total. The molecule has 0 unspecified atom stereocenters. The Kier molecular flexibility index (Phi) is 6.09. The summed E-state index contributed by atoms with van der Waals surface area (Å²) in [6.45, 7) is 1.46. The summed E-state index contributed by atoms with van der Waals surface area (Å²) >= 11 is 0. The highest BCUT2D eigenvalue weighted by molar-refractivity contribution is 6.03. The fourth-order valence-corrected chi connectivity index (χ4v) is 2.68. The summed E-state index contributed by atoms with van der Waals surface area (Å²) in [6.07, 6.45) is 1.58. The Balaban J connectivity index is 1.66. The van der Waals surface area contributed by atoms with Crippen LogP contribution >= 0.6 is 0 Å². The molecule has 7 nitrogen and oxygen atoms in total. The van der Waals surface area contributed by atoms with E-state index in [0.29, 0.717) is 11.4 Å². The van der Waals surface area contributed by atoms with Crippen LogP contribution in [-0.2, 0) is 4.79 Å². The number of amides is 2. The van der Waals surface area contributed by atoms with Gasteiger partial charge in [0.2, 0.25) is 5.91 Å². The van der Waals surface area contributed by atoms with Gasteiger partial charge in [-0.15, -0.1) is 0 Å². The highest BCUT2D eigenvalue weighted by Gasteiger charge is 2.09. The van der Waals surface area contributed by atoms with Crippen LogP contribution in [0.15, 0.2) is 66.9 Å². The van der Waals surface area contributed by atoms with Crippen LogP contribution in [0.4, 0.5) is 28.4 Å². The fraction of sp³-hybridized carbons (Fsp3) is 0.136. The average molecular weight is 389 g/mol. The SMILES string of the molecule is CC(=O)Nc1ccc(Nc2ccnc(C(=O)Nc3ccc(N(C)C)cc3)c2)cc1. The first-order valence-corrected chi connectivity index (χ1v) is 9.10. The molecule has 0 fully saturated rings. The predicted octanol–water partition coefficient (Wildman–Crippen LogP) is 4.10. The lowest BCUT2D eigenvalue weighted by Gasteiger charge is -2.13. The summed E-state index contributed by atoms with van der Waals surface area (Å²) in [6, 6.07) is 18.3. The minimum Gasteiger partial charge on any atom is -0.378 e. The largest absolute Gasteiger partial charge is 0.378 e. The lowest BCUT2D eigenvalue weighted by atomic mass is 10.2. The number of nitrogens with zero attached hydrogens (tertiary/aromatic N) is 2. The molecule has 3 aromatic rings. The van der Waals surface area contributed by atoms with Gasteiger partial charge in [0.05, 0.1) is 0 Å². The lowest BCUT2D eigenvalue weighted by molar-refractivity contribution is -0.114. The smallest absolute Gasteiger partial charge is 0.274 e. The van der Waals surface area contributed by atoms with Crippen molar-refractivity contribution in [3.8, 4) is 0 Å². The Hall–Kier alpha value is -3.87. The first kappa shape index (κ1) is 19.9. The number of benzene rings is 2. The van der Waals surface area contributed by atoms with E-state index in [4.69, 9.17) is 0 Å². The van der Waals surface area contributed by atoms with Crippen LogP contribution in [0, 0.1) is 0 Å². The molecule has 0 saturated carbocycles. The standard InChI is InChI=1S/C22H23N5O2/c1-15(28)24-16-4-6-17(7-5-16)25-19-12-13-23-21(14-19)22(29)26-18-8-10-20(11-9-18)27(2)3/h4-14H,1-3H3,(H,23,25)(H,24,28)(H,26,29). The maximum absolute atomic E-state index is 12.5. The van der Waals surface area contributed by atoms with Crippen LogP contribution in [0.3, 0.4) is 0 Å². The Morgan fingerprint density at radius 2 is 1.38 bits per heavy atom. The summed E-state index contributed by atoms with van der Waals surface area (Å²) in [5.74, 6) is -0.404. The third-order valence-electron chi connectivity index (χ3n) is 4.13. The molecule has 2 aromatic carbocycles. The van der Waals surface area contributed by atoms with Gasteiger partial charge in [0.1, 0.15) is 5.69 Å². The Morgan fingerprint density at radius 1 is 0.793 bits per heavy atom. The molecule has 1 heterocycles. The van der Waals surface area contributed by atoms with E-state index in [1.165, 1.54) is 6.92 Å². The number of aromatic nitrogens is 1. The zero-order chi connectivity index (χ0) is 20.8. The zero-order valence-electron chi connectivity index (χ0n) is 16.6. The summed E-state index contributed by atoms with van der Waals surface area (Å²) in [4.78, 5) is 29.8. The van der Waals surface area contributed by atoms with Gasteiger partial charge in [-0.3, -0.25) is 14.6 Å². The highest BCUT2D eigenvalue weighted by Crippen LogP contribution is 2.20. The van der Waals surface area contributed by atoms with Gasteiger partial charge in [0.15, 0.2) is 0 Å². The Bertz CT molecular complexity index is 998. The van der Waals surface area contributed by atoms with Crippen LogP contribution in [0.1, 0.15) is 17.4 Å². The predicted molar refractivity (Wildman–Crippen MR) is 117 cm³/mol. The number of carbonyl (C=O) groups is 2. The van der Waals surface area contributed by atoms with Crippen molar-refractivity contribution >= 4 is 40.3 Å². The summed E-state index contributed by atoms with van der Waals surface area (Å²) < 4.78 is 0. The second-order valence-electron chi connectivity index (χ2n) is 6.71. The van der Waals surface area contributed by atoms with Gasteiger partial charge >= 0.3 is 0 Å². The summed E-state index contributed by atoms with van der Waals surface area (Å²) in [7, 11) is 3.92. The van der Waals surface area contributed by atoms with Gasteiger partial charge < -0.3 is 20.9 Å². The number of rotatable bonds is 6. The van der Waals surface area contributed by atoms with E-state index in [1.807, 2.05) is 55.4 Å². The molecular weight excluding hydrogens is 366 g/mol. The average Bonchev–Trinajstić information content (AvgIpc) is 2.70.